The molecule has 0 aromatic heterocycles. The van der Waals surface area contributed by atoms with E-state index < -0.39 is 5.91 Å². The molecule has 0 spiro atoms. The number of carbonyl (C=O) groups excluding carboxylic acids is 1. The van der Waals surface area contributed by atoms with Crippen LogP contribution < -0.4 is 25.4 Å². The van der Waals surface area contributed by atoms with E-state index in [0.29, 0.717) is 25.1 Å². The van der Waals surface area contributed by atoms with Crippen molar-refractivity contribution in [3.63, 3.8) is 0 Å². The zero-order valence-corrected chi connectivity index (χ0v) is 18.4. The summed E-state index contributed by atoms with van der Waals surface area (Å²) in [5.41, 5.74) is 9.48. The number of benzene rings is 2. The third-order valence-electron chi connectivity index (χ3n) is 5.53. The molecule has 0 unspecified atom stereocenters. The number of hydrogen-bond acceptors (Lipinski definition) is 6. The predicted molar refractivity (Wildman–Crippen MR) is 122 cm³/mol. The van der Waals surface area contributed by atoms with E-state index >= 15 is 0 Å². The minimum absolute atomic E-state index is 0.139. The van der Waals surface area contributed by atoms with Gasteiger partial charge in [-0.15, -0.1) is 0 Å². The summed E-state index contributed by atoms with van der Waals surface area (Å²) in [6.07, 6.45) is 2.36. The van der Waals surface area contributed by atoms with Crippen LogP contribution in [0.2, 0.25) is 0 Å². The molecule has 0 saturated heterocycles. The molecule has 2 aromatic rings. The first-order valence-electron chi connectivity index (χ1n) is 10.8. The molecule has 31 heavy (non-hydrogen) atoms. The Morgan fingerprint density at radius 1 is 1.29 bits per heavy atom. The average molecular weight is 428 g/mol. The summed E-state index contributed by atoms with van der Waals surface area (Å²) in [6.45, 7) is 5.07. The summed E-state index contributed by atoms with van der Waals surface area (Å²) >= 11 is 0. The molecular formula is C24H33N3O4. The molecule has 1 atom stereocenters. The second-order valence-corrected chi connectivity index (χ2v) is 7.89. The van der Waals surface area contributed by atoms with Crippen molar-refractivity contribution in [2.24, 2.45) is 5.73 Å². The molecule has 0 radical (unpaired) electrons. The molecule has 1 aliphatic rings. The minimum atomic E-state index is -0.403. The van der Waals surface area contributed by atoms with Crippen LogP contribution in [0.1, 0.15) is 34.8 Å². The van der Waals surface area contributed by atoms with E-state index in [1.54, 1.807) is 7.11 Å². The van der Waals surface area contributed by atoms with E-state index in [2.05, 4.69) is 23.2 Å². The van der Waals surface area contributed by atoms with Gasteiger partial charge in [-0.1, -0.05) is 18.2 Å². The van der Waals surface area contributed by atoms with Crippen LogP contribution in [0.4, 0.5) is 5.69 Å². The smallest absolute Gasteiger partial charge is 0.250 e. The van der Waals surface area contributed by atoms with Gasteiger partial charge in [-0.05, 0) is 55.5 Å². The Labute approximate surface area is 184 Å². The maximum absolute atomic E-state index is 12.1. The number of aliphatic hydroxyl groups is 1. The summed E-state index contributed by atoms with van der Waals surface area (Å²) in [6, 6.07) is 11.9. The minimum Gasteiger partial charge on any atom is -0.493 e. The first kappa shape index (κ1) is 22.9. The first-order valence-corrected chi connectivity index (χ1v) is 10.8. The SMILES string of the molecule is COc1ccccc1OCCN[C@H](C)Cc1cc2c(c(C(N)=O)c1)N(CCCO)CC2. The highest BCUT2D eigenvalue weighted by atomic mass is 16.5. The molecular weight excluding hydrogens is 394 g/mol. The summed E-state index contributed by atoms with van der Waals surface area (Å²) in [5.74, 6) is 1.05. The normalized spacial score (nSPS) is 13.7. The van der Waals surface area contributed by atoms with Crippen LogP contribution in [0.25, 0.3) is 0 Å². The lowest BCUT2D eigenvalue weighted by molar-refractivity contribution is 0.100. The third-order valence-corrected chi connectivity index (χ3v) is 5.53. The first-order chi connectivity index (χ1) is 15.0. The zero-order chi connectivity index (χ0) is 22.2. The monoisotopic (exact) mass is 427 g/mol. The van der Waals surface area contributed by atoms with Crippen LogP contribution in [0.3, 0.4) is 0 Å². The van der Waals surface area contributed by atoms with E-state index in [1.807, 2.05) is 30.3 Å². The molecule has 7 nitrogen and oxygen atoms in total. The maximum atomic E-state index is 12.1. The number of primary amides is 1. The number of nitrogens with one attached hydrogen (secondary N) is 1. The maximum Gasteiger partial charge on any atom is 0.250 e. The number of hydrogen-bond donors (Lipinski definition) is 3. The summed E-state index contributed by atoms with van der Waals surface area (Å²) in [4.78, 5) is 14.3. The van der Waals surface area contributed by atoms with Gasteiger partial charge in [0.1, 0.15) is 6.61 Å². The molecule has 1 amide bonds. The molecule has 4 N–H and O–H groups in total. The molecule has 0 aliphatic carbocycles. The number of anilines is 1. The molecule has 1 heterocycles. The molecule has 0 fully saturated rings. The van der Waals surface area contributed by atoms with Crippen LogP contribution in [0, 0.1) is 0 Å². The summed E-state index contributed by atoms with van der Waals surface area (Å²) in [5, 5.41) is 12.6. The van der Waals surface area contributed by atoms with Gasteiger partial charge in [0.05, 0.1) is 18.4 Å². The van der Waals surface area contributed by atoms with Crippen LogP contribution in [0.15, 0.2) is 36.4 Å². The highest BCUT2D eigenvalue weighted by Crippen LogP contribution is 2.33. The number of para-hydroxylation sites is 2. The Morgan fingerprint density at radius 3 is 2.77 bits per heavy atom. The van der Waals surface area contributed by atoms with Gasteiger partial charge in [0.15, 0.2) is 11.5 Å². The van der Waals surface area contributed by atoms with Crippen molar-refractivity contribution < 1.29 is 19.4 Å². The van der Waals surface area contributed by atoms with Gasteiger partial charge < -0.3 is 30.5 Å². The van der Waals surface area contributed by atoms with Crippen LogP contribution in [-0.2, 0) is 12.8 Å². The molecule has 3 rings (SSSR count). The number of amides is 1. The third kappa shape index (κ3) is 5.89. The number of ether oxygens (including phenoxy) is 2. The lowest BCUT2D eigenvalue weighted by Crippen LogP contribution is -2.32. The van der Waals surface area contributed by atoms with Crippen LogP contribution in [-0.4, -0.2) is 57.0 Å². The molecule has 7 heteroatoms. The Morgan fingerprint density at radius 2 is 2.06 bits per heavy atom. The van der Waals surface area contributed by atoms with Gasteiger partial charge in [0.25, 0.3) is 5.91 Å². The van der Waals surface area contributed by atoms with Crippen LogP contribution in [0.5, 0.6) is 11.5 Å². The molecule has 0 saturated carbocycles. The van der Waals surface area contributed by atoms with Crippen molar-refractivity contribution in [2.75, 3.05) is 44.9 Å². The van der Waals surface area contributed by atoms with Gasteiger partial charge >= 0.3 is 0 Å². The number of fused-ring (bicyclic) bond motifs is 1. The van der Waals surface area contributed by atoms with E-state index in [9.17, 15) is 4.79 Å². The van der Waals surface area contributed by atoms with Crippen molar-refractivity contribution in [3.05, 3.63) is 53.1 Å². The van der Waals surface area contributed by atoms with Crippen molar-refractivity contribution in [1.82, 2.24) is 5.32 Å². The van der Waals surface area contributed by atoms with Gasteiger partial charge in [-0.2, -0.15) is 0 Å². The second-order valence-electron chi connectivity index (χ2n) is 7.89. The van der Waals surface area contributed by atoms with Gasteiger partial charge in [-0.3, -0.25) is 4.79 Å². The topological polar surface area (TPSA) is 97.1 Å². The zero-order valence-electron chi connectivity index (χ0n) is 18.4. The summed E-state index contributed by atoms with van der Waals surface area (Å²) in [7, 11) is 1.63. The Bertz CT molecular complexity index is 887. The number of carbonyl (C=O) groups is 1. The van der Waals surface area contributed by atoms with E-state index in [1.165, 1.54) is 0 Å². The van der Waals surface area contributed by atoms with Gasteiger partial charge in [0, 0.05) is 32.3 Å². The van der Waals surface area contributed by atoms with E-state index in [-0.39, 0.29) is 12.6 Å². The van der Waals surface area contributed by atoms with Gasteiger partial charge in [-0.25, -0.2) is 0 Å². The lowest BCUT2D eigenvalue weighted by Gasteiger charge is -2.22. The summed E-state index contributed by atoms with van der Waals surface area (Å²) < 4.78 is 11.1. The van der Waals surface area contributed by atoms with Gasteiger partial charge in [0.2, 0.25) is 0 Å². The largest absolute Gasteiger partial charge is 0.493 e. The fourth-order valence-electron chi connectivity index (χ4n) is 4.11. The van der Waals surface area contributed by atoms with Crippen molar-refractivity contribution >= 4 is 11.6 Å². The average Bonchev–Trinajstić information content (AvgIpc) is 3.17. The number of nitrogens with zero attached hydrogens (tertiary/aromatic N) is 1. The highest BCUT2D eigenvalue weighted by molar-refractivity contribution is 6.00. The van der Waals surface area contributed by atoms with Crippen molar-refractivity contribution in [1.29, 1.82) is 0 Å². The van der Waals surface area contributed by atoms with Crippen molar-refractivity contribution in [3.8, 4) is 11.5 Å². The molecule has 168 valence electrons. The fraction of sp³-hybridized carbons (Fsp3) is 0.458. The van der Waals surface area contributed by atoms with Crippen molar-refractivity contribution in [2.45, 2.75) is 32.2 Å². The van der Waals surface area contributed by atoms with E-state index in [0.717, 1.165) is 54.2 Å². The number of rotatable bonds is 12. The molecule has 0 bridgehead atoms. The van der Waals surface area contributed by atoms with E-state index in [4.69, 9.17) is 20.3 Å². The number of aliphatic hydroxyl groups excluding tert-OH is 1. The van der Waals surface area contributed by atoms with Crippen LogP contribution >= 0.6 is 0 Å². The number of nitrogens with two attached hydrogens (primary N) is 1. The highest BCUT2D eigenvalue weighted by Gasteiger charge is 2.25. The molecule has 1 aliphatic heterocycles. The molecule has 2 aromatic carbocycles. The predicted octanol–water partition coefficient (Wildman–Crippen LogP) is 2.14. The Hall–Kier alpha value is -2.77. The quantitative estimate of drug-likeness (QED) is 0.449. The fourth-order valence-corrected chi connectivity index (χ4v) is 4.11. The Kier molecular flexibility index (Phi) is 8.14. The standard InChI is InChI=1S/C24H33N3O4/c1-17(26-9-13-31-22-7-4-3-6-21(22)30-2)14-18-15-19-8-11-27(10-5-12-28)23(19)20(16-18)24(25)29/h3-4,6-7,15-17,26,28H,5,8-14H2,1-2H3,(H2,25,29)/t17-/m1/s1. The second kappa shape index (κ2) is 11.0. The number of methoxy groups -OCH3 is 1. The Balaban J connectivity index is 1.57. The lowest BCUT2D eigenvalue weighted by atomic mass is 9.98.